The standard InChI is InChI=1S/C17H21FN2/c1-11-7-14(9-15(18)8-11)17(20-19)10-16-12(2)5-4-6-13(16)3/h4-9,17,20H,10,19H2,1-3H3. The second-order valence-corrected chi connectivity index (χ2v) is 5.36. The van der Waals surface area contributed by atoms with Crippen LogP contribution in [0.4, 0.5) is 4.39 Å². The second-order valence-electron chi connectivity index (χ2n) is 5.36. The van der Waals surface area contributed by atoms with Crippen molar-refractivity contribution in [2.75, 3.05) is 0 Å². The molecule has 0 aromatic heterocycles. The van der Waals surface area contributed by atoms with Crippen LogP contribution in [0.15, 0.2) is 36.4 Å². The van der Waals surface area contributed by atoms with Crippen LogP contribution in [0.2, 0.25) is 0 Å². The SMILES string of the molecule is Cc1cc(F)cc(C(Cc2c(C)cccc2C)NN)c1. The maximum Gasteiger partial charge on any atom is 0.123 e. The molecule has 0 aliphatic carbocycles. The highest BCUT2D eigenvalue weighted by atomic mass is 19.1. The van der Waals surface area contributed by atoms with Gasteiger partial charge in [-0.3, -0.25) is 11.3 Å². The number of hydrogen-bond acceptors (Lipinski definition) is 2. The first-order valence-corrected chi connectivity index (χ1v) is 6.79. The van der Waals surface area contributed by atoms with Gasteiger partial charge in [0.05, 0.1) is 6.04 Å². The summed E-state index contributed by atoms with van der Waals surface area (Å²) in [5, 5.41) is 0. The average molecular weight is 272 g/mol. The first kappa shape index (κ1) is 14.7. The van der Waals surface area contributed by atoms with Crippen molar-refractivity contribution in [2.45, 2.75) is 33.2 Å². The van der Waals surface area contributed by atoms with Gasteiger partial charge in [0.15, 0.2) is 0 Å². The van der Waals surface area contributed by atoms with Crippen molar-refractivity contribution in [1.29, 1.82) is 0 Å². The minimum atomic E-state index is -0.221. The molecule has 20 heavy (non-hydrogen) atoms. The Bertz CT molecular complexity index is 567. The predicted octanol–water partition coefficient (Wildman–Crippen LogP) is 3.50. The summed E-state index contributed by atoms with van der Waals surface area (Å²) >= 11 is 0. The number of hydrazine groups is 1. The van der Waals surface area contributed by atoms with E-state index in [-0.39, 0.29) is 11.9 Å². The molecule has 0 saturated heterocycles. The van der Waals surface area contributed by atoms with Gasteiger partial charge in [0.25, 0.3) is 0 Å². The number of nitrogens with two attached hydrogens (primary N) is 1. The van der Waals surface area contributed by atoms with Crippen molar-refractivity contribution >= 4 is 0 Å². The number of hydrogen-bond donors (Lipinski definition) is 2. The fourth-order valence-corrected chi connectivity index (χ4v) is 2.61. The first-order valence-electron chi connectivity index (χ1n) is 6.79. The van der Waals surface area contributed by atoms with E-state index < -0.39 is 0 Å². The van der Waals surface area contributed by atoms with Crippen LogP contribution in [0.25, 0.3) is 0 Å². The lowest BCUT2D eigenvalue weighted by atomic mass is 9.92. The van der Waals surface area contributed by atoms with Crippen molar-refractivity contribution in [3.63, 3.8) is 0 Å². The van der Waals surface area contributed by atoms with Gasteiger partial charge < -0.3 is 0 Å². The quantitative estimate of drug-likeness (QED) is 0.660. The fraction of sp³-hybridized carbons (Fsp3) is 0.294. The molecule has 0 amide bonds. The maximum atomic E-state index is 13.6. The summed E-state index contributed by atoms with van der Waals surface area (Å²) in [7, 11) is 0. The van der Waals surface area contributed by atoms with E-state index in [1.54, 1.807) is 6.07 Å². The van der Waals surface area contributed by atoms with Crippen molar-refractivity contribution in [3.05, 3.63) is 70.0 Å². The monoisotopic (exact) mass is 272 g/mol. The highest BCUT2D eigenvalue weighted by Crippen LogP contribution is 2.23. The molecule has 0 aliphatic heterocycles. The van der Waals surface area contributed by atoms with Gasteiger partial charge in [0.1, 0.15) is 5.82 Å². The minimum absolute atomic E-state index is 0.0933. The van der Waals surface area contributed by atoms with E-state index in [2.05, 4.69) is 31.4 Å². The van der Waals surface area contributed by atoms with Crippen molar-refractivity contribution in [1.82, 2.24) is 5.43 Å². The Morgan fingerprint density at radius 1 is 1.10 bits per heavy atom. The Morgan fingerprint density at radius 2 is 1.75 bits per heavy atom. The summed E-state index contributed by atoms with van der Waals surface area (Å²) in [5.74, 6) is 5.46. The lowest BCUT2D eigenvalue weighted by Crippen LogP contribution is -2.30. The maximum absolute atomic E-state index is 13.6. The third-order valence-electron chi connectivity index (χ3n) is 3.72. The molecule has 106 valence electrons. The molecule has 0 fully saturated rings. The number of aryl methyl sites for hydroxylation is 3. The lowest BCUT2D eigenvalue weighted by molar-refractivity contribution is 0.542. The van der Waals surface area contributed by atoms with Gasteiger partial charge in [0, 0.05) is 0 Å². The molecule has 3 heteroatoms. The van der Waals surface area contributed by atoms with Gasteiger partial charge in [-0.2, -0.15) is 0 Å². The van der Waals surface area contributed by atoms with E-state index in [1.165, 1.54) is 22.8 Å². The highest BCUT2D eigenvalue weighted by Gasteiger charge is 2.14. The number of nitrogens with one attached hydrogen (secondary N) is 1. The largest absolute Gasteiger partial charge is 0.271 e. The van der Waals surface area contributed by atoms with E-state index in [1.807, 2.05) is 19.1 Å². The zero-order chi connectivity index (χ0) is 14.7. The van der Waals surface area contributed by atoms with E-state index in [4.69, 9.17) is 5.84 Å². The van der Waals surface area contributed by atoms with Gasteiger partial charge in [-0.05, 0) is 67.1 Å². The van der Waals surface area contributed by atoms with E-state index in [0.29, 0.717) is 0 Å². The summed E-state index contributed by atoms with van der Waals surface area (Å²) in [6.07, 6.45) is 0.748. The summed E-state index contributed by atoms with van der Waals surface area (Å²) in [5.41, 5.74) is 8.33. The summed E-state index contributed by atoms with van der Waals surface area (Å²) in [6, 6.07) is 11.2. The molecule has 0 aliphatic rings. The minimum Gasteiger partial charge on any atom is -0.271 e. The van der Waals surface area contributed by atoms with Gasteiger partial charge in [-0.15, -0.1) is 0 Å². The molecule has 0 spiro atoms. The van der Waals surface area contributed by atoms with Crippen molar-refractivity contribution < 1.29 is 4.39 Å². The third kappa shape index (κ3) is 3.24. The zero-order valence-corrected chi connectivity index (χ0v) is 12.2. The molecule has 2 aromatic carbocycles. The summed E-state index contributed by atoms with van der Waals surface area (Å²) in [4.78, 5) is 0. The molecule has 1 atom stereocenters. The Balaban J connectivity index is 2.33. The lowest BCUT2D eigenvalue weighted by Gasteiger charge is -2.20. The summed E-state index contributed by atoms with van der Waals surface area (Å²) < 4.78 is 13.6. The zero-order valence-electron chi connectivity index (χ0n) is 12.2. The average Bonchev–Trinajstić information content (AvgIpc) is 2.37. The highest BCUT2D eigenvalue weighted by molar-refractivity contribution is 5.36. The van der Waals surface area contributed by atoms with Gasteiger partial charge in [-0.1, -0.05) is 24.3 Å². The van der Waals surface area contributed by atoms with Gasteiger partial charge >= 0.3 is 0 Å². The van der Waals surface area contributed by atoms with E-state index in [0.717, 1.165) is 17.5 Å². The third-order valence-corrected chi connectivity index (χ3v) is 3.72. The van der Waals surface area contributed by atoms with E-state index >= 15 is 0 Å². The van der Waals surface area contributed by atoms with Crippen LogP contribution in [-0.4, -0.2) is 0 Å². The molecular formula is C17H21FN2. The molecule has 0 saturated carbocycles. The fourth-order valence-electron chi connectivity index (χ4n) is 2.61. The molecule has 0 bridgehead atoms. The second kappa shape index (κ2) is 6.16. The van der Waals surface area contributed by atoms with Crippen LogP contribution in [0.1, 0.15) is 33.9 Å². The van der Waals surface area contributed by atoms with E-state index in [9.17, 15) is 4.39 Å². The number of halogens is 1. The van der Waals surface area contributed by atoms with Crippen LogP contribution < -0.4 is 11.3 Å². The van der Waals surface area contributed by atoms with Crippen molar-refractivity contribution in [3.8, 4) is 0 Å². The normalized spacial score (nSPS) is 12.4. The van der Waals surface area contributed by atoms with Crippen molar-refractivity contribution in [2.24, 2.45) is 5.84 Å². The topological polar surface area (TPSA) is 38.0 Å². The Labute approximate surface area is 119 Å². The molecule has 2 nitrogen and oxygen atoms in total. The Morgan fingerprint density at radius 3 is 2.30 bits per heavy atom. The Hall–Kier alpha value is -1.71. The van der Waals surface area contributed by atoms with Gasteiger partial charge in [-0.25, -0.2) is 4.39 Å². The van der Waals surface area contributed by atoms with Gasteiger partial charge in [0.2, 0.25) is 0 Å². The molecule has 1 unspecified atom stereocenters. The summed E-state index contributed by atoms with van der Waals surface area (Å²) in [6.45, 7) is 6.07. The number of rotatable bonds is 4. The van der Waals surface area contributed by atoms with Crippen LogP contribution in [0, 0.1) is 26.6 Å². The molecule has 2 rings (SSSR count). The first-order chi connectivity index (χ1) is 9.51. The predicted molar refractivity (Wildman–Crippen MR) is 80.8 cm³/mol. The van der Waals surface area contributed by atoms with Crippen LogP contribution in [0.3, 0.4) is 0 Å². The van der Waals surface area contributed by atoms with Crippen LogP contribution in [0.5, 0.6) is 0 Å². The Kier molecular flexibility index (Phi) is 4.53. The molecule has 2 aromatic rings. The van der Waals surface area contributed by atoms with Crippen LogP contribution >= 0.6 is 0 Å². The van der Waals surface area contributed by atoms with Crippen LogP contribution in [-0.2, 0) is 6.42 Å². The smallest absolute Gasteiger partial charge is 0.123 e. The number of benzene rings is 2. The molecule has 3 N–H and O–H groups in total. The molecule has 0 heterocycles. The molecular weight excluding hydrogens is 251 g/mol. The molecule has 0 radical (unpaired) electrons.